The summed E-state index contributed by atoms with van der Waals surface area (Å²) in [5, 5.41) is 3.17. The van der Waals surface area contributed by atoms with Gasteiger partial charge in [-0.05, 0) is 63.4 Å². The lowest BCUT2D eigenvalue weighted by atomic mass is 9.88. The van der Waals surface area contributed by atoms with Gasteiger partial charge in [-0.15, -0.1) is 0 Å². The highest BCUT2D eigenvalue weighted by molar-refractivity contribution is 9.10. The summed E-state index contributed by atoms with van der Waals surface area (Å²) in [5.41, 5.74) is -1.90. The van der Waals surface area contributed by atoms with E-state index in [0.717, 1.165) is 4.40 Å². The number of imidazole rings is 1. The van der Waals surface area contributed by atoms with Crippen LogP contribution in [0.5, 0.6) is 0 Å². The van der Waals surface area contributed by atoms with E-state index >= 15 is 0 Å². The number of piperidine rings is 1. The summed E-state index contributed by atoms with van der Waals surface area (Å²) < 4.78 is 46.4. The lowest BCUT2D eigenvalue weighted by Gasteiger charge is -2.45. The molecule has 0 unspecified atom stereocenters. The molecular formula is C19H25BrF3N5O2. The second-order valence-corrected chi connectivity index (χ2v) is 9.75. The van der Waals surface area contributed by atoms with Crippen LogP contribution in [0.3, 0.4) is 0 Å². The van der Waals surface area contributed by atoms with Crippen molar-refractivity contribution >= 4 is 33.5 Å². The number of fused-ring (bicyclic) bond motifs is 1. The lowest BCUT2D eigenvalue weighted by Crippen LogP contribution is -2.57. The van der Waals surface area contributed by atoms with E-state index in [1.165, 1.54) is 12.4 Å². The Hall–Kier alpha value is -2.04. The number of carbonyl (C=O) groups is 1. The van der Waals surface area contributed by atoms with Crippen molar-refractivity contribution in [3.8, 4) is 0 Å². The second-order valence-electron chi connectivity index (χ2n) is 9.00. The Bertz CT molecular complexity index is 952. The number of hydrogen-bond acceptors (Lipinski definition) is 5. The smallest absolute Gasteiger partial charge is 0.434 e. The first-order chi connectivity index (χ1) is 13.7. The first kappa shape index (κ1) is 22.6. The molecule has 1 atom stereocenters. The molecule has 2 aromatic heterocycles. The summed E-state index contributed by atoms with van der Waals surface area (Å²) in [5.74, 6) is 0.216. The molecule has 166 valence electrons. The minimum atomic E-state index is -4.59. The molecule has 1 aliphatic rings. The maximum absolute atomic E-state index is 13.4. The van der Waals surface area contributed by atoms with Gasteiger partial charge in [-0.3, -0.25) is 4.40 Å². The summed E-state index contributed by atoms with van der Waals surface area (Å²) >= 11 is 2.94. The van der Waals surface area contributed by atoms with Gasteiger partial charge in [0.25, 0.3) is 0 Å². The van der Waals surface area contributed by atoms with Crippen molar-refractivity contribution in [1.82, 2.24) is 19.3 Å². The van der Waals surface area contributed by atoms with Crippen molar-refractivity contribution in [2.24, 2.45) is 0 Å². The standard InChI is InChI=1S/C19H25BrF3N5O2/c1-17(2,3)30-16(29)28-10-11(6-7-18(28,4)5)25-14-15-24-8-9-27(15)12(13(20)26-14)19(21,22)23/h8-9,11H,6-7,10H2,1-5H3,(H,25,26)/t11-/m0/s1. The Morgan fingerprint density at radius 2 is 2.00 bits per heavy atom. The van der Waals surface area contributed by atoms with E-state index in [0.29, 0.717) is 19.4 Å². The number of likely N-dealkylation sites (tertiary alicyclic amines) is 1. The topological polar surface area (TPSA) is 71.8 Å². The molecule has 0 radical (unpaired) electrons. The summed E-state index contributed by atoms with van der Waals surface area (Å²) in [6.07, 6.45) is -1.08. The molecule has 1 saturated heterocycles. The van der Waals surface area contributed by atoms with Crippen LogP contribution in [0.1, 0.15) is 53.2 Å². The SMILES string of the molecule is CC(C)(C)OC(=O)N1C[C@@H](Nc2nc(Br)c(C(F)(F)F)n3ccnc23)CCC1(C)C. The Morgan fingerprint density at radius 3 is 2.60 bits per heavy atom. The molecule has 7 nitrogen and oxygen atoms in total. The Labute approximate surface area is 181 Å². The number of nitrogens with one attached hydrogen (secondary N) is 1. The highest BCUT2D eigenvalue weighted by atomic mass is 79.9. The number of rotatable bonds is 2. The van der Waals surface area contributed by atoms with Gasteiger partial charge in [-0.2, -0.15) is 13.2 Å². The van der Waals surface area contributed by atoms with Crippen LogP contribution in [-0.2, 0) is 10.9 Å². The molecule has 30 heavy (non-hydrogen) atoms. The highest BCUT2D eigenvalue weighted by Crippen LogP contribution is 2.36. The summed E-state index contributed by atoms with van der Waals surface area (Å²) in [4.78, 5) is 22.5. The van der Waals surface area contributed by atoms with Crippen LogP contribution >= 0.6 is 15.9 Å². The quantitative estimate of drug-likeness (QED) is 0.632. The molecule has 1 aliphatic heterocycles. The van der Waals surface area contributed by atoms with Gasteiger partial charge in [0, 0.05) is 30.5 Å². The second kappa shape index (κ2) is 7.58. The van der Waals surface area contributed by atoms with E-state index in [1.807, 2.05) is 13.8 Å². The van der Waals surface area contributed by atoms with Crippen LogP contribution in [0.2, 0.25) is 0 Å². The first-order valence-corrected chi connectivity index (χ1v) is 10.4. The normalized spacial score (nSPS) is 19.8. The van der Waals surface area contributed by atoms with Gasteiger partial charge in [-0.25, -0.2) is 14.8 Å². The van der Waals surface area contributed by atoms with Crippen LogP contribution in [0, 0.1) is 0 Å². The van der Waals surface area contributed by atoms with Gasteiger partial charge in [0.15, 0.2) is 17.2 Å². The molecule has 0 aromatic carbocycles. The van der Waals surface area contributed by atoms with Crippen molar-refractivity contribution in [3.63, 3.8) is 0 Å². The number of carbonyl (C=O) groups excluding carboxylic acids is 1. The zero-order chi connectivity index (χ0) is 22.5. The zero-order valence-corrected chi connectivity index (χ0v) is 19.1. The fourth-order valence-electron chi connectivity index (χ4n) is 3.48. The average Bonchev–Trinajstić information content (AvgIpc) is 3.02. The largest absolute Gasteiger partial charge is 0.444 e. The van der Waals surface area contributed by atoms with Crippen molar-refractivity contribution < 1.29 is 22.7 Å². The number of amides is 1. The third kappa shape index (κ3) is 4.65. The van der Waals surface area contributed by atoms with Gasteiger partial charge >= 0.3 is 12.3 Å². The fourth-order valence-corrected chi connectivity index (χ4v) is 4.07. The molecule has 11 heteroatoms. The predicted octanol–water partition coefficient (Wildman–Crippen LogP) is 5.10. The Kier molecular flexibility index (Phi) is 5.72. The number of aromatic nitrogens is 3. The first-order valence-electron chi connectivity index (χ1n) is 9.56. The van der Waals surface area contributed by atoms with E-state index in [4.69, 9.17) is 4.74 Å². The van der Waals surface area contributed by atoms with E-state index in [-0.39, 0.29) is 22.1 Å². The molecule has 0 saturated carbocycles. The minimum absolute atomic E-state index is 0.0687. The van der Waals surface area contributed by atoms with Crippen LogP contribution < -0.4 is 5.32 Å². The molecule has 1 amide bonds. The number of nitrogens with zero attached hydrogens (tertiary/aromatic N) is 4. The van der Waals surface area contributed by atoms with Crippen LogP contribution in [0.25, 0.3) is 5.65 Å². The van der Waals surface area contributed by atoms with Gasteiger partial charge in [-0.1, -0.05) is 0 Å². The van der Waals surface area contributed by atoms with E-state index in [9.17, 15) is 18.0 Å². The van der Waals surface area contributed by atoms with Crippen LogP contribution in [0.4, 0.5) is 23.8 Å². The minimum Gasteiger partial charge on any atom is -0.444 e. The fraction of sp³-hybridized carbons (Fsp3) is 0.632. The summed E-state index contributed by atoms with van der Waals surface area (Å²) in [7, 11) is 0. The average molecular weight is 492 g/mol. The monoisotopic (exact) mass is 491 g/mol. The van der Waals surface area contributed by atoms with Crippen LogP contribution in [0.15, 0.2) is 17.0 Å². The number of alkyl halides is 3. The predicted molar refractivity (Wildman–Crippen MR) is 109 cm³/mol. The van der Waals surface area contributed by atoms with Crippen molar-refractivity contribution in [2.45, 2.75) is 70.8 Å². The third-order valence-electron chi connectivity index (χ3n) is 4.96. The summed E-state index contributed by atoms with van der Waals surface area (Å²) in [6, 6.07) is -0.220. The van der Waals surface area contributed by atoms with Crippen molar-refractivity contribution in [1.29, 1.82) is 0 Å². The van der Waals surface area contributed by atoms with Gasteiger partial charge in [0.05, 0.1) is 0 Å². The lowest BCUT2D eigenvalue weighted by molar-refractivity contribution is -0.142. The maximum Gasteiger partial charge on any atom is 0.434 e. The molecule has 2 aromatic rings. The number of hydrogen-bond donors (Lipinski definition) is 1. The molecule has 1 fully saturated rings. The van der Waals surface area contributed by atoms with Gasteiger partial charge in [0.1, 0.15) is 10.2 Å². The molecule has 1 N–H and O–H groups in total. The Balaban J connectivity index is 1.88. The number of anilines is 1. The zero-order valence-electron chi connectivity index (χ0n) is 17.5. The molecule has 0 spiro atoms. The molecule has 3 rings (SSSR count). The van der Waals surface area contributed by atoms with E-state index in [1.54, 1.807) is 25.7 Å². The molecule has 0 aliphatic carbocycles. The Morgan fingerprint density at radius 1 is 1.33 bits per heavy atom. The van der Waals surface area contributed by atoms with Gasteiger partial charge in [0.2, 0.25) is 0 Å². The maximum atomic E-state index is 13.4. The molecule has 0 bridgehead atoms. The van der Waals surface area contributed by atoms with E-state index in [2.05, 4.69) is 31.2 Å². The number of ether oxygens (including phenoxy) is 1. The number of halogens is 4. The van der Waals surface area contributed by atoms with Crippen molar-refractivity contribution in [2.75, 3.05) is 11.9 Å². The van der Waals surface area contributed by atoms with Crippen molar-refractivity contribution in [3.05, 3.63) is 22.7 Å². The van der Waals surface area contributed by atoms with Crippen LogP contribution in [-0.4, -0.2) is 49.1 Å². The van der Waals surface area contributed by atoms with E-state index < -0.39 is 29.1 Å². The highest BCUT2D eigenvalue weighted by Gasteiger charge is 2.41. The third-order valence-corrected chi connectivity index (χ3v) is 5.51. The molecular weight excluding hydrogens is 467 g/mol. The molecule has 3 heterocycles. The van der Waals surface area contributed by atoms with Gasteiger partial charge < -0.3 is 15.0 Å². The summed E-state index contributed by atoms with van der Waals surface area (Å²) in [6.45, 7) is 9.66.